The number of anilines is 2. The van der Waals surface area contributed by atoms with Gasteiger partial charge in [0.1, 0.15) is 12.3 Å². The lowest BCUT2D eigenvalue weighted by atomic mass is 9.13. The van der Waals surface area contributed by atoms with Gasteiger partial charge < -0.3 is 14.5 Å². The Kier molecular flexibility index (Phi) is 18.0. The van der Waals surface area contributed by atoms with Crippen LogP contribution in [-0.4, -0.2) is 54.5 Å². The fraction of sp³-hybridized carbons (Fsp3) is 0.151. The molecule has 13 rings (SSSR count). The molecule has 0 aliphatic carbocycles. The average Bonchev–Trinajstić information content (AvgIpc) is 4.06. The van der Waals surface area contributed by atoms with Crippen LogP contribution in [0.15, 0.2) is 292 Å². The molecule has 7 nitrogen and oxygen atoms in total. The minimum absolute atomic E-state index is 0.0526. The standard InChI is InChI=1S/C25H31ClN6O.2C24H20B/c1-19(2)33-24-22(26)23(31-15-7-20(8-16-31)29-11-3-4-12-29)27-25(28-24)32-17-9-21(10-18-32)30-13-5-6-14-30;2*1-5-13-21(14-6-1)25(22-15-7-2-8-16-22,23-17-9-3-10-18-23)24-19-11-4-12-20-24/h7-10,15-19H,3-6,11-14H2,1-2H3;2*1-20H/q+2;2*-1. The molecular formula is C73H71B2ClN6O. The fourth-order valence-corrected chi connectivity index (χ4v) is 12.9. The Morgan fingerprint density at radius 3 is 0.867 bits per heavy atom. The van der Waals surface area contributed by atoms with Crippen LogP contribution in [0, 0.1) is 0 Å². The number of nitrogens with zero attached hydrogens (tertiary/aromatic N) is 6. The smallest absolute Gasteiger partial charge is 0.462 e. The first-order chi connectivity index (χ1) is 40.9. The summed E-state index contributed by atoms with van der Waals surface area (Å²) in [6.07, 6.45) is 10.5. The maximum absolute atomic E-state index is 6.73. The van der Waals surface area contributed by atoms with Gasteiger partial charge in [0.15, 0.2) is 0 Å². The van der Waals surface area contributed by atoms with Gasteiger partial charge in [-0.3, -0.25) is 0 Å². The Bertz CT molecular complexity index is 3240. The van der Waals surface area contributed by atoms with Crippen molar-refractivity contribution in [1.82, 2.24) is 9.97 Å². The van der Waals surface area contributed by atoms with Crippen molar-refractivity contribution in [1.29, 1.82) is 0 Å². The number of pyridine rings is 2. The Hall–Kier alpha value is -9.04. The number of hydrogen-bond acceptors (Lipinski definition) is 5. The summed E-state index contributed by atoms with van der Waals surface area (Å²) in [6.45, 7) is 8.38. The molecule has 0 atom stereocenters. The second kappa shape index (κ2) is 26.7. The van der Waals surface area contributed by atoms with Gasteiger partial charge in [-0.2, -0.15) is 48.3 Å². The molecule has 11 aromatic rings. The van der Waals surface area contributed by atoms with E-state index in [0.717, 1.165) is 26.2 Å². The quantitative estimate of drug-likeness (QED) is 0.0803. The fourth-order valence-electron chi connectivity index (χ4n) is 12.7. The van der Waals surface area contributed by atoms with Crippen molar-refractivity contribution in [2.24, 2.45) is 0 Å². The summed E-state index contributed by atoms with van der Waals surface area (Å²) in [5, 5.41) is 0.403. The van der Waals surface area contributed by atoms with E-state index < -0.39 is 12.3 Å². The van der Waals surface area contributed by atoms with Gasteiger partial charge in [-0.15, -0.1) is 0 Å². The summed E-state index contributed by atoms with van der Waals surface area (Å²) < 4.78 is 9.79. The highest BCUT2D eigenvalue weighted by molar-refractivity contribution is 7.20. The largest absolute Gasteiger partial charge is 0.481 e. The van der Waals surface area contributed by atoms with Crippen LogP contribution in [-0.2, 0) is 0 Å². The molecule has 2 aliphatic heterocycles. The molecule has 10 heteroatoms. The molecule has 0 radical (unpaired) electrons. The van der Waals surface area contributed by atoms with Crippen molar-refractivity contribution >= 4 is 79.0 Å². The Morgan fingerprint density at radius 1 is 0.361 bits per heavy atom. The van der Waals surface area contributed by atoms with Crippen LogP contribution in [0.2, 0.25) is 5.02 Å². The molecule has 2 saturated heterocycles. The molecule has 2 aliphatic rings. The van der Waals surface area contributed by atoms with E-state index in [1.807, 2.05) is 47.8 Å². The molecule has 412 valence electrons. The second-order valence-corrected chi connectivity index (χ2v) is 22.3. The first-order valence-corrected chi connectivity index (χ1v) is 29.8. The summed E-state index contributed by atoms with van der Waals surface area (Å²) in [5.74, 6) is 1.51. The van der Waals surface area contributed by atoms with Crippen molar-refractivity contribution in [3.8, 4) is 17.6 Å². The van der Waals surface area contributed by atoms with Crippen LogP contribution in [0.4, 0.5) is 11.4 Å². The molecular weight excluding hydrogens is 1030 g/mol. The third-order valence-electron chi connectivity index (χ3n) is 16.6. The topological polar surface area (TPSA) is 49.3 Å². The summed E-state index contributed by atoms with van der Waals surface area (Å²) in [7, 11) is 0. The molecule has 5 heterocycles. The average molecular weight is 1110 g/mol. The van der Waals surface area contributed by atoms with Crippen LogP contribution in [0.25, 0.3) is 11.8 Å². The van der Waals surface area contributed by atoms with Gasteiger partial charge in [0.25, 0.3) is 0 Å². The highest BCUT2D eigenvalue weighted by atomic mass is 35.5. The molecule has 3 aromatic heterocycles. The van der Waals surface area contributed by atoms with Crippen molar-refractivity contribution in [2.45, 2.75) is 45.6 Å². The van der Waals surface area contributed by atoms with Crippen LogP contribution >= 0.6 is 11.6 Å². The third-order valence-corrected chi connectivity index (χ3v) is 16.9. The van der Waals surface area contributed by atoms with E-state index in [2.05, 4.69) is 282 Å². The van der Waals surface area contributed by atoms with Crippen LogP contribution < -0.4 is 67.4 Å². The van der Waals surface area contributed by atoms with Gasteiger partial charge in [-0.1, -0.05) is 254 Å². The molecule has 0 saturated carbocycles. The summed E-state index contributed by atoms with van der Waals surface area (Å²) in [6, 6.07) is 95.5. The molecule has 8 aromatic carbocycles. The van der Waals surface area contributed by atoms with Crippen molar-refractivity contribution in [3.63, 3.8) is 0 Å². The molecule has 2 fully saturated rings. The lowest BCUT2D eigenvalue weighted by Gasteiger charge is -2.44. The molecule has 0 amide bonds. The number of halogens is 1. The predicted molar refractivity (Wildman–Crippen MR) is 349 cm³/mol. The summed E-state index contributed by atoms with van der Waals surface area (Å²) in [4.78, 5) is 14.3. The number of hydrogen-bond donors (Lipinski definition) is 0. The van der Waals surface area contributed by atoms with Crippen LogP contribution in [0.5, 0.6) is 5.88 Å². The van der Waals surface area contributed by atoms with Gasteiger partial charge >= 0.3 is 17.6 Å². The highest BCUT2D eigenvalue weighted by Gasteiger charge is 2.33. The minimum atomic E-state index is -1.22. The Labute approximate surface area is 496 Å². The van der Waals surface area contributed by atoms with Crippen molar-refractivity contribution in [3.05, 3.63) is 297 Å². The molecule has 83 heavy (non-hydrogen) atoms. The predicted octanol–water partition coefficient (Wildman–Crippen LogP) is 9.80. The zero-order valence-electron chi connectivity index (χ0n) is 47.6. The molecule has 0 N–H and O–H groups in total. The van der Waals surface area contributed by atoms with Gasteiger partial charge in [0, 0.05) is 54.7 Å². The lowest BCUT2D eigenvalue weighted by molar-refractivity contribution is -0.614. The SMILES string of the molecule is CC(C)Oc1nc(-[n+]2ccc(N3CCCC3)cc2)nc(-[n+]2ccc(N3CCCC3)cc2)c1Cl.c1ccc([B-](c2ccccc2)(c2ccccc2)c2ccccc2)cc1.c1ccc([B-](c2ccccc2)(c2ccccc2)c2ccccc2)cc1. The Balaban J connectivity index is 0.000000132. The lowest BCUT2D eigenvalue weighted by Crippen LogP contribution is -2.74. The van der Waals surface area contributed by atoms with E-state index >= 15 is 0 Å². The minimum Gasteiger partial charge on any atom is -0.462 e. The molecule has 0 spiro atoms. The molecule has 0 unspecified atom stereocenters. The monoisotopic (exact) mass is 1100 g/mol. The zero-order chi connectivity index (χ0) is 56.7. The van der Waals surface area contributed by atoms with E-state index in [-0.39, 0.29) is 6.10 Å². The van der Waals surface area contributed by atoms with Gasteiger partial charge in [-0.05, 0) is 56.6 Å². The van der Waals surface area contributed by atoms with Gasteiger partial charge in [-0.25, -0.2) is 4.57 Å². The number of benzene rings is 8. The van der Waals surface area contributed by atoms with E-state index in [4.69, 9.17) is 21.3 Å². The summed E-state index contributed by atoms with van der Waals surface area (Å²) >= 11 is 6.73. The van der Waals surface area contributed by atoms with E-state index in [1.54, 1.807) is 0 Å². The highest BCUT2D eigenvalue weighted by Crippen LogP contribution is 2.28. The number of aromatic nitrogens is 4. The summed E-state index contributed by atoms with van der Waals surface area (Å²) in [5.41, 5.74) is 13.2. The third kappa shape index (κ3) is 12.3. The zero-order valence-corrected chi connectivity index (χ0v) is 48.3. The number of ether oxygens (including phenoxy) is 1. The first kappa shape index (κ1) is 55.8. The van der Waals surface area contributed by atoms with E-state index in [0.29, 0.717) is 22.7 Å². The van der Waals surface area contributed by atoms with E-state index in [1.165, 1.54) is 80.8 Å². The normalized spacial score (nSPS) is 13.2. The van der Waals surface area contributed by atoms with Crippen LogP contribution in [0.3, 0.4) is 0 Å². The van der Waals surface area contributed by atoms with Crippen molar-refractivity contribution in [2.75, 3.05) is 36.0 Å². The maximum atomic E-state index is 6.73. The van der Waals surface area contributed by atoms with Gasteiger partial charge in [0.2, 0.25) is 5.02 Å². The van der Waals surface area contributed by atoms with Crippen LogP contribution in [0.1, 0.15) is 39.5 Å². The van der Waals surface area contributed by atoms with Gasteiger partial charge in [0.05, 0.1) is 30.9 Å². The second-order valence-electron chi connectivity index (χ2n) is 22.0. The van der Waals surface area contributed by atoms with E-state index in [9.17, 15) is 0 Å². The molecule has 0 bridgehead atoms. The maximum Gasteiger partial charge on any atom is 0.481 e. The number of rotatable bonds is 14. The van der Waals surface area contributed by atoms with Crippen molar-refractivity contribution < 1.29 is 13.9 Å². The Morgan fingerprint density at radius 2 is 0.614 bits per heavy atom. The first-order valence-electron chi connectivity index (χ1n) is 29.5.